The van der Waals surface area contributed by atoms with Crippen LogP contribution in [0, 0.1) is 5.82 Å². The molecule has 90 valence electrons. The standard InChI is InChI=1S/C10H9F4N.ClH/c11-6-1-2-7(9-3-4-15-9)8(5-6)10(12,13)14;/h1-2,5,9,15H,3-4H2;1H/t9-;/m1./s1. The lowest BCUT2D eigenvalue weighted by molar-refractivity contribution is -0.138. The van der Waals surface area contributed by atoms with E-state index in [1.54, 1.807) is 0 Å². The summed E-state index contributed by atoms with van der Waals surface area (Å²) in [5, 5.41) is 2.87. The van der Waals surface area contributed by atoms with Gasteiger partial charge in [0.1, 0.15) is 5.82 Å². The Kier molecular flexibility index (Phi) is 3.80. The van der Waals surface area contributed by atoms with Crippen LogP contribution in [-0.4, -0.2) is 6.54 Å². The van der Waals surface area contributed by atoms with Gasteiger partial charge in [0, 0.05) is 6.04 Å². The topological polar surface area (TPSA) is 12.0 Å². The second-order valence-electron chi connectivity index (χ2n) is 3.52. The van der Waals surface area contributed by atoms with Crippen molar-refractivity contribution >= 4 is 12.4 Å². The van der Waals surface area contributed by atoms with Gasteiger partial charge in [-0.05, 0) is 30.7 Å². The number of hydrogen-bond donors (Lipinski definition) is 1. The van der Waals surface area contributed by atoms with Crippen molar-refractivity contribution in [3.8, 4) is 0 Å². The fraction of sp³-hybridized carbons (Fsp3) is 0.400. The molecule has 0 amide bonds. The van der Waals surface area contributed by atoms with Crippen LogP contribution in [0.5, 0.6) is 0 Å². The van der Waals surface area contributed by atoms with Gasteiger partial charge in [-0.2, -0.15) is 13.2 Å². The normalized spacial score (nSPS) is 19.9. The first kappa shape index (κ1) is 13.3. The van der Waals surface area contributed by atoms with E-state index >= 15 is 0 Å². The summed E-state index contributed by atoms with van der Waals surface area (Å²) in [5.74, 6) is -0.856. The summed E-state index contributed by atoms with van der Waals surface area (Å²) in [5.41, 5.74) is -0.741. The van der Waals surface area contributed by atoms with E-state index in [9.17, 15) is 17.6 Å². The van der Waals surface area contributed by atoms with Crippen molar-refractivity contribution in [2.45, 2.75) is 18.6 Å². The molecule has 0 saturated carbocycles. The van der Waals surface area contributed by atoms with Crippen molar-refractivity contribution in [2.24, 2.45) is 0 Å². The zero-order valence-electron chi connectivity index (χ0n) is 8.14. The molecule has 1 aliphatic rings. The number of rotatable bonds is 1. The van der Waals surface area contributed by atoms with Gasteiger partial charge in [0.25, 0.3) is 0 Å². The molecule has 1 heterocycles. The van der Waals surface area contributed by atoms with Gasteiger partial charge in [0.2, 0.25) is 0 Å². The highest BCUT2D eigenvalue weighted by atomic mass is 35.5. The SMILES string of the molecule is Cl.Fc1ccc([C@H]2CCN2)c(C(F)(F)F)c1. The molecule has 6 heteroatoms. The monoisotopic (exact) mass is 255 g/mol. The second kappa shape index (κ2) is 4.59. The Morgan fingerprint density at radius 2 is 1.88 bits per heavy atom. The largest absolute Gasteiger partial charge is 0.416 e. The minimum absolute atomic E-state index is 0. The van der Waals surface area contributed by atoms with E-state index in [1.165, 1.54) is 6.07 Å². The number of hydrogen-bond acceptors (Lipinski definition) is 1. The van der Waals surface area contributed by atoms with Gasteiger partial charge in [0.05, 0.1) is 5.56 Å². The predicted molar refractivity (Wildman–Crippen MR) is 54.0 cm³/mol. The molecule has 2 rings (SSSR count). The Hall–Kier alpha value is -0.810. The van der Waals surface area contributed by atoms with E-state index in [1.807, 2.05) is 0 Å². The quantitative estimate of drug-likeness (QED) is 0.760. The molecule has 1 saturated heterocycles. The van der Waals surface area contributed by atoms with E-state index in [-0.39, 0.29) is 24.0 Å². The van der Waals surface area contributed by atoms with Gasteiger partial charge >= 0.3 is 6.18 Å². The molecule has 0 aliphatic carbocycles. The third kappa shape index (κ3) is 2.47. The van der Waals surface area contributed by atoms with Crippen LogP contribution < -0.4 is 5.32 Å². The third-order valence-corrected chi connectivity index (χ3v) is 2.52. The molecule has 0 spiro atoms. The number of nitrogens with one attached hydrogen (secondary N) is 1. The van der Waals surface area contributed by atoms with E-state index in [0.29, 0.717) is 19.0 Å². The van der Waals surface area contributed by atoms with Gasteiger partial charge in [-0.15, -0.1) is 12.4 Å². The predicted octanol–water partition coefficient (Wildman–Crippen LogP) is 3.30. The Morgan fingerprint density at radius 3 is 2.31 bits per heavy atom. The lowest BCUT2D eigenvalue weighted by atomic mass is 9.93. The highest BCUT2D eigenvalue weighted by molar-refractivity contribution is 5.85. The Bertz CT molecular complexity index is 374. The first-order valence-corrected chi connectivity index (χ1v) is 4.58. The maximum atomic E-state index is 12.7. The molecule has 0 radical (unpaired) electrons. The maximum absolute atomic E-state index is 12.7. The van der Waals surface area contributed by atoms with Gasteiger partial charge < -0.3 is 5.32 Å². The van der Waals surface area contributed by atoms with E-state index in [0.717, 1.165) is 6.07 Å². The molecule has 16 heavy (non-hydrogen) atoms. The maximum Gasteiger partial charge on any atom is 0.416 e. The molecule has 0 bridgehead atoms. The summed E-state index contributed by atoms with van der Waals surface area (Å²) in [7, 11) is 0. The van der Waals surface area contributed by atoms with Crippen LogP contribution in [0.15, 0.2) is 18.2 Å². The zero-order valence-corrected chi connectivity index (χ0v) is 8.96. The van der Waals surface area contributed by atoms with E-state index in [2.05, 4.69) is 5.32 Å². The molecule has 1 atom stereocenters. The van der Waals surface area contributed by atoms with Crippen LogP contribution in [0.3, 0.4) is 0 Å². The summed E-state index contributed by atoms with van der Waals surface area (Å²) in [4.78, 5) is 0. The molecule has 0 unspecified atom stereocenters. The third-order valence-electron chi connectivity index (χ3n) is 2.52. The van der Waals surface area contributed by atoms with Crippen molar-refractivity contribution in [2.75, 3.05) is 6.54 Å². The number of alkyl halides is 3. The first-order valence-electron chi connectivity index (χ1n) is 4.58. The van der Waals surface area contributed by atoms with Gasteiger partial charge in [0.15, 0.2) is 0 Å². The van der Waals surface area contributed by atoms with Crippen molar-refractivity contribution in [3.05, 3.63) is 35.1 Å². The van der Waals surface area contributed by atoms with E-state index < -0.39 is 17.6 Å². The van der Waals surface area contributed by atoms with Crippen molar-refractivity contribution in [1.29, 1.82) is 0 Å². The average molecular weight is 256 g/mol. The molecule has 1 N–H and O–H groups in total. The molecule has 1 aromatic rings. The molecular weight excluding hydrogens is 246 g/mol. The van der Waals surface area contributed by atoms with Crippen LogP contribution in [-0.2, 0) is 6.18 Å². The molecule has 1 fully saturated rings. The second-order valence-corrected chi connectivity index (χ2v) is 3.52. The summed E-state index contributed by atoms with van der Waals surface area (Å²) in [6.45, 7) is 0.708. The fourth-order valence-corrected chi connectivity index (χ4v) is 1.63. The van der Waals surface area contributed by atoms with Crippen LogP contribution in [0.2, 0.25) is 0 Å². The van der Waals surface area contributed by atoms with Crippen LogP contribution in [0.1, 0.15) is 23.6 Å². The highest BCUT2D eigenvalue weighted by Crippen LogP contribution is 2.37. The van der Waals surface area contributed by atoms with Gasteiger partial charge in [-0.25, -0.2) is 4.39 Å². The zero-order chi connectivity index (χ0) is 11.1. The molecular formula is C10H10ClF4N. The highest BCUT2D eigenvalue weighted by Gasteiger charge is 2.36. The molecule has 1 nitrogen and oxygen atoms in total. The lowest BCUT2D eigenvalue weighted by Gasteiger charge is -2.30. The van der Waals surface area contributed by atoms with Gasteiger partial charge in [-0.3, -0.25) is 0 Å². The summed E-state index contributed by atoms with van der Waals surface area (Å²) in [6, 6.07) is 2.52. The Morgan fingerprint density at radius 1 is 1.25 bits per heavy atom. The minimum Gasteiger partial charge on any atom is -0.310 e. The van der Waals surface area contributed by atoms with Crippen molar-refractivity contribution < 1.29 is 17.6 Å². The Labute approximate surface area is 96.3 Å². The van der Waals surface area contributed by atoms with Crippen LogP contribution >= 0.6 is 12.4 Å². The smallest absolute Gasteiger partial charge is 0.310 e. The number of benzene rings is 1. The van der Waals surface area contributed by atoms with E-state index in [4.69, 9.17) is 0 Å². The van der Waals surface area contributed by atoms with Crippen LogP contribution in [0.25, 0.3) is 0 Å². The van der Waals surface area contributed by atoms with Crippen LogP contribution in [0.4, 0.5) is 17.6 Å². The molecule has 0 aromatic heterocycles. The fourth-order valence-electron chi connectivity index (χ4n) is 1.63. The minimum atomic E-state index is -4.49. The first-order chi connectivity index (χ1) is 6.98. The molecule has 1 aromatic carbocycles. The van der Waals surface area contributed by atoms with Crippen molar-refractivity contribution in [1.82, 2.24) is 5.32 Å². The van der Waals surface area contributed by atoms with Gasteiger partial charge in [-0.1, -0.05) is 6.07 Å². The van der Waals surface area contributed by atoms with Crippen molar-refractivity contribution in [3.63, 3.8) is 0 Å². The summed E-state index contributed by atoms with van der Waals surface area (Å²) < 4.78 is 50.4. The molecule has 1 aliphatic heterocycles. The Balaban J connectivity index is 0.00000128. The number of halogens is 5. The summed E-state index contributed by atoms with van der Waals surface area (Å²) in [6.07, 6.45) is -3.83. The summed E-state index contributed by atoms with van der Waals surface area (Å²) >= 11 is 0. The average Bonchev–Trinajstić information content (AvgIpc) is 2.03. The lowest BCUT2D eigenvalue weighted by Crippen LogP contribution is -2.36.